The van der Waals surface area contributed by atoms with Crippen molar-refractivity contribution in [3.63, 3.8) is 0 Å². The van der Waals surface area contributed by atoms with Gasteiger partial charge in [-0.3, -0.25) is 14.4 Å². The Hall–Kier alpha value is -1.63. The molecule has 1 heterocycles. The van der Waals surface area contributed by atoms with Crippen LogP contribution in [0.25, 0.3) is 0 Å². The quantitative estimate of drug-likeness (QED) is 0.715. The third kappa shape index (κ3) is 2.37. The first-order valence-corrected chi connectivity index (χ1v) is 6.65. The van der Waals surface area contributed by atoms with Gasteiger partial charge in [-0.05, 0) is 5.41 Å². The first-order valence-electron chi connectivity index (χ1n) is 6.65. The van der Waals surface area contributed by atoms with Crippen LogP contribution >= 0.6 is 0 Å². The van der Waals surface area contributed by atoms with E-state index in [9.17, 15) is 14.4 Å². The molecule has 0 spiro atoms. The third-order valence-electron chi connectivity index (χ3n) is 4.28. The SMILES string of the molecule is CNC(=O)C1CN(C(=O)[C@@H]2[C@H](C(=O)O)C2(C)C)CCO1. The Kier molecular flexibility index (Phi) is 3.73. The number of morpholine rings is 1. The molecule has 1 unspecified atom stereocenters. The first kappa shape index (κ1) is 14.8. The van der Waals surface area contributed by atoms with Gasteiger partial charge < -0.3 is 20.1 Å². The Morgan fingerprint density at radius 3 is 2.45 bits per heavy atom. The molecule has 2 N–H and O–H groups in total. The number of rotatable bonds is 3. The second-order valence-electron chi connectivity index (χ2n) is 5.87. The maximum absolute atomic E-state index is 12.4. The number of hydrogen-bond acceptors (Lipinski definition) is 4. The fourth-order valence-electron chi connectivity index (χ4n) is 2.93. The summed E-state index contributed by atoms with van der Waals surface area (Å²) in [6, 6.07) is 0. The van der Waals surface area contributed by atoms with E-state index >= 15 is 0 Å². The van der Waals surface area contributed by atoms with Gasteiger partial charge in [0.05, 0.1) is 25.0 Å². The van der Waals surface area contributed by atoms with Crippen LogP contribution in [0.2, 0.25) is 0 Å². The van der Waals surface area contributed by atoms with Gasteiger partial charge in [0.15, 0.2) is 6.10 Å². The number of aliphatic carboxylic acids is 1. The fraction of sp³-hybridized carbons (Fsp3) is 0.769. The summed E-state index contributed by atoms with van der Waals surface area (Å²) in [5.74, 6) is -2.56. The van der Waals surface area contributed by atoms with Crippen LogP contribution in [0.1, 0.15) is 13.8 Å². The number of carboxylic acids is 1. The lowest BCUT2D eigenvalue weighted by Crippen LogP contribution is -2.51. The molecule has 20 heavy (non-hydrogen) atoms. The van der Waals surface area contributed by atoms with Crippen LogP contribution in [0, 0.1) is 17.3 Å². The van der Waals surface area contributed by atoms with Crippen molar-refractivity contribution in [2.24, 2.45) is 17.3 Å². The zero-order chi connectivity index (χ0) is 15.1. The summed E-state index contributed by atoms with van der Waals surface area (Å²) < 4.78 is 5.32. The molecule has 112 valence electrons. The molecular weight excluding hydrogens is 264 g/mol. The lowest BCUT2D eigenvalue weighted by Gasteiger charge is -2.32. The summed E-state index contributed by atoms with van der Waals surface area (Å²) in [7, 11) is 1.51. The van der Waals surface area contributed by atoms with Crippen molar-refractivity contribution < 1.29 is 24.2 Å². The Morgan fingerprint density at radius 1 is 1.30 bits per heavy atom. The van der Waals surface area contributed by atoms with Gasteiger partial charge in [-0.2, -0.15) is 0 Å². The predicted octanol–water partition coefficient (Wildman–Crippen LogP) is -0.683. The fourth-order valence-corrected chi connectivity index (χ4v) is 2.93. The van der Waals surface area contributed by atoms with Crippen LogP contribution in [-0.4, -0.2) is 60.6 Å². The second-order valence-corrected chi connectivity index (χ2v) is 5.87. The van der Waals surface area contributed by atoms with Gasteiger partial charge in [0.25, 0.3) is 5.91 Å². The van der Waals surface area contributed by atoms with E-state index in [-0.39, 0.29) is 25.0 Å². The van der Waals surface area contributed by atoms with Crippen molar-refractivity contribution in [2.75, 3.05) is 26.7 Å². The van der Waals surface area contributed by atoms with E-state index in [2.05, 4.69) is 5.32 Å². The summed E-state index contributed by atoms with van der Waals surface area (Å²) in [5, 5.41) is 11.6. The Labute approximate surface area is 117 Å². The highest BCUT2D eigenvalue weighted by Gasteiger charge is 2.66. The van der Waals surface area contributed by atoms with Gasteiger partial charge in [-0.15, -0.1) is 0 Å². The summed E-state index contributed by atoms with van der Waals surface area (Å²) >= 11 is 0. The molecule has 1 saturated heterocycles. The molecule has 3 atom stereocenters. The van der Waals surface area contributed by atoms with E-state index < -0.39 is 29.3 Å². The number of nitrogens with zero attached hydrogens (tertiary/aromatic N) is 1. The number of likely N-dealkylation sites (N-methyl/N-ethyl adjacent to an activating group) is 1. The highest BCUT2D eigenvalue weighted by atomic mass is 16.5. The smallest absolute Gasteiger partial charge is 0.307 e. The Bertz CT molecular complexity index is 448. The molecule has 7 heteroatoms. The van der Waals surface area contributed by atoms with Gasteiger partial charge in [0.2, 0.25) is 5.91 Å². The van der Waals surface area contributed by atoms with Crippen molar-refractivity contribution in [1.82, 2.24) is 10.2 Å². The molecule has 0 radical (unpaired) electrons. The minimum atomic E-state index is -0.940. The average molecular weight is 284 g/mol. The molecule has 2 rings (SSSR count). The molecule has 2 fully saturated rings. The van der Waals surface area contributed by atoms with Gasteiger partial charge in [-0.1, -0.05) is 13.8 Å². The Morgan fingerprint density at radius 2 is 1.95 bits per heavy atom. The van der Waals surface area contributed by atoms with E-state index in [4.69, 9.17) is 9.84 Å². The standard InChI is InChI=1S/C13H20N2O5/c1-13(2)8(9(13)12(18)19)11(17)15-4-5-20-7(6-15)10(16)14-3/h7-9H,4-6H2,1-3H3,(H,14,16)(H,18,19)/t7?,8-,9+/m0/s1. The van der Waals surface area contributed by atoms with E-state index in [1.807, 2.05) is 0 Å². The molecule has 0 aromatic rings. The number of hydrogen-bond donors (Lipinski definition) is 2. The number of carbonyl (C=O) groups is 3. The largest absolute Gasteiger partial charge is 0.481 e. The monoisotopic (exact) mass is 284 g/mol. The van der Waals surface area contributed by atoms with Crippen molar-refractivity contribution in [1.29, 1.82) is 0 Å². The molecule has 0 aromatic heterocycles. The van der Waals surface area contributed by atoms with Crippen LogP contribution in [0.15, 0.2) is 0 Å². The number of carbonyl (C=O) groups excluding carboxylic acids is 2. The highest BCUT2D eigenvalue weighted by Crippen LogP contribution is 2.59. The normalized spacial score (nSPS) is 31.6. The van der Waals surface area contributed by atoms with Crippen LogP contribution in [0.5, 0.6) is 0 Å². The Balaban J connectivity index is 2.03. The maximum Gasteiger partial charge on any atom is 0.307 e. The van der Waals surface area contributed by atoms with Crippen LogP contribution in [0.3, 0.4) is 0 Å². The second kappa shape index (κ2) is 5.05. The summed E-state index contributed by atoms with van der Waals surface area (Å²) in [6.07, 6.45) is -0.678. The van der Waals surface area contributed by atoms with Crippen LogP contribution in [-0.2, 0) is 19.1 Å². The third-order valence-corrected chi connectivity index (χ3v) is 4.28. The molecule has 2 amide bonds. The highest BCUT2D eigenvalue weighted by molar-refractivity contribution is 5.92. The summed E-state index contributed by atoms with van der Waals surface area (Å²) in [5.41, 5.74) is -0.524. The van der Waals surface area contributed by atoms with Gasteiger partial charge in [0, 0.05) is 13.6 Å². The van der Waals surface area contributed by atoms with Crippen molar-refractivity contribution in [2.45, 2.75) is 20.0 Å². The van der Waals surface area contributed by atoms with E-state index in [1.165, 1.54) is 7.05 Å². The molecule has 1 aliphatic heterocycles. The number of amides is 2. The first-order chi connectivity index (χ1) is 9.30. The number of nitrogens with one attached hydrogen (secondary N) is 1. The molecule has 1 aliphatic carbocycles. The lowest BCUT2D eigenvalue weighted by atomic mass is 10.1. The zero-order valence-corrected chi connectivity index (χ0v) is 11.9. The van der Waals surface area contributed by atoms with E-state index in [0.717, 1.165) is 0 Å². The number of carboxylic acid groups (broad SMARTS) is 1. The molecular formula is C13H20N2O5. The van der Waals surface area contributed by atoms with Crippen molar-refractivity contribution in [3.05, 3.63) is 0 Å². The lowest BCUT2D eigenvalue weighted by molar-refractivity contribution is -0.149. The van der Waals surface area contributed by atoms with E-state index in [1.54, 1.807) is 18.7 Å². The number of ether oxygens (including phenoxy) is 1. The van der Waals surface area contributed by atoms with Crippen LogP contribution in [0.4, 0.5) is 0 Å². The minimum absolute atomic E-state index is 0.178. The van der Waals surface area contributed by atoms with Gasteiger partial charge in [-0.25, -0.2) is 0 Å². The molecule has 7 nitrogen and oxygen atoms in total. The maximum atomic E-state index is 12.4. The van der Waals surface area contributed by atoms with Gasteiger partial charge in [0.1, 0.15) is 0 Å². The minimum Gasteiger partial charge on any atom is -0.481 e. The van der Waals surface area contributed by atoms with Crippen molar-refractivity contribution >= 4 is 17.8 Å². The van der Waals surface area contributed by atoms with Gasteiger partial charge >= 0.3 is 5.97 Å². The molecule has 0 bridgehead atoms. The van der Waals surface area contributed by atoms with E-state index in [0.29, 0.717) is 6.54 Å². The zero-order valence-electron chi connectivity index (χ0n) is 11.9. The molecule has 2 aliphatic rings. The van der Waals surface area contributed by atoms with Crippen LogP contribution < -0.4 is 5.32 Å². The molecule has 0 aromatic carbocycles. The average Bonchev–Trinajstić information content (AvgIpc) is 3.00. The predicted molar refractivity (Wildman–Crippen MR) is 68.8 cm³/mol. The topological polar surface area (TPSA) is 95.9 Å². The molecule has 1 saturated carbocycles. The summed E-state index contributed by atoms with van der Waals surface area (Å²) in [4.78, 5) is 36.6. The summed E-state index contributed by atoms with van der Waals surface area (Å²) in [6.45, 7) is 4.42. The van der Waals surface area contributed by atoms with Crippen molar-refractivity contribution in [3.8, 4) is 0 Å².